The zero-order valence-electron chi connectivity index (χ0n) is 8.75. The van der Waals surface area contributed by atoms with Crippen LogP contribution in [0.3, 0.4) is 0 Å². The van der Waals surface area contributed by atoms with Crippen molar-refractivity contribution in [3.63, 3.8) is 0 Å². The standard InChI is InChI=1S/C11H13FO2S/c1-3-14-11(13)8-5-9(12)7-10(6-8)15-4-2/h5-7H,3-4H2,1-2H3. The van der Waals surface area contributed by atoms with Gasteiger partial charge in [-0.1, -0.05) is 6.92 Å². The summed E-state index contributed by atoms with van der Waals surface area (Å²) in [6, 6.07) is 4.25. The highest BCUT2D eigenvalue weighted by Gasteiger charge is 2.09. The average molecular weight is 228 g/mol. The van der Waals surface area contributed by atoms with Crippen molar-refractivity contribution >= 4 is 17.7 Å². The third-order valence-corrected chi connectivity index (χ3v) is 2.55. The molecular weight excluding hydrogens is 215 g/mol. The van der Waals surface area contributed by atoms with Gasteiger partial charge in [-0.05, 0) is 30.9 Å². The van der Waals surface area contributed by atoms with Crippen LogP contribution in [-0.2, 0) is 4.74 Å². The second-order valence-electron chi connectivity index (χ2n) is 2.83. The van der Waals surface area contributed by atoms with Crippen molar-refractivity contribution in [1.29, 1.82) is 0 Å². The quantitative estimate of drug-likeness (QED) is 0.585. The number of ether oxygens (including phenoxy) is 1. The van der Waals surface area contributed by atoms with Gasteiger partial charge in [0.2, 0.25) is 0 Å². The van der Waals surface area contributed by atoms with Crippen LogP contribution in [0.1, 0.15) is 24.2 Å². The first-order chi connectivity index (χ1) is 7.17. The summed E-state index contributed by atoms with van der Waals surface area (Å²) in [6.45, 7) is 3.99. The molecule has 0 heterocycles. The predicted molar refractivity (Wildman–Crippen MR) is 58.8 cm³/mol. The first-order valence-corrected chi connectivity index (χ1v) is 5.76. The van der Waals surface area contributed by atoms with Gasteiger partial charge in [0.25, 0.3) is 0 Å². The van der Waals surface area contributed by atoms with Crippen LogP contribution in [0, 0.1) is 5.82 Å². The highest BCUT2D eigenvalue weighted by Crippen LogP contribution is 2.21. The SMILES string of the molecule is CCOC(=O)c1cc(F)cc(SCC)c1. The van der Waals surface area contributed by atoms with Crippen LogP contribution in [0.4, 0.5) is 4.39 Å². The summed E-state index contributed by atoms with van der Waals surface area (Å²) in [5.41, 5.74) is 0.271. The Hall–Kier alpha value is -1.03. The Morgan fingerprint density at radius 2 is 2.13 bits per heavy atom. The fourth-order valence-electron chi connectivity index (χ4n) is 1.14. The van der Waals surface area contributed by atoms with Gasteiger partial charge in [-0.15, -0.1) is 11.8 Å². The largest absolute Gasteiger partial charge is 0.462 e. The molecule has 0 amide bonds. The Morgan fingerprint density at radius 3 is 2.73 bits per heavy atom. The molecule has 2 nitrogen and oxygen atoms in total. The number of thioether (sulfide) groups is 1. The number of esters is 1. The molecule has 0 saturated carbocycles. The topological polar surface area (TPSA) is 26.3 Å². The molecule has 0 aliphatic heterocycles. The summed E-state index contributed by atoms with van der Waals surface area (Å²) in [5.74, 6) is -0.0439. The predicted octanol–water partition coefficient (Wildman–Crippen LogP) is 3.11. The van der Waals surface area contributed by atoms with Gasteiger partial charge in [-0.2, -0.15) is 0 Å². The van der Waals surface area contributed by atoms with Crippen molar-refractivity contribution in [3.8, 4) is 0 Å². The molecule has 0 spiro atoms. The van der Waals surface area contributed by atoms with Gasteiger partial charge in [0.05, 0.1) is 12.2 Å². The number of hydrogen-bond acceptors (Lipinski definition) is 3. The summed E-state index contributed by atoms with van der Waals surface area (Å²) in [5, 5.41) is 0. The number of benzene rings is 1. The van der Waals surface area contributed by atoms with Gasteiger partial charge < -0.3 is 4.74 Å². The van der Waals surface area contributed by atoms with Gasteiger partial charge in [0.15, 0.2) is 0 Å². The van der Waals surface area contributed by atoms with Gasteiger partial charge in [0, 0.05) is 4.90 Å². The molecule has 4 heteroatoms. The minimum Gasteiger partial charge on any atom is -0.462 e. The molecule has 82 valence electrons. The van der Waals surface area contributed by atoms with Crippen molar-refractivity contribution in [3.05, 3.63) is 29.6 Å². The molecule has 0 aliphatic rings. The number of halogens is 1. The normalized spacial score (nSPS) is 10.1. The van der Waals surface area contributed by atoms with Crippen molar-refractivity contribution < 1.29 is 13.9 Å². The van der Waals surface area contributed by atoms with Gasteiger partial charge >= 0.3 is 5.97 Å². The Bertz CT molecular complexity index is 352. The van der Waals surface area contributed by atoms with E-state index in [1.807, 2.05) is 6.92 Å². The minimum absolute atomic E-state index is 0.271. The van der Waals surface area contributed by atoms with E-state index in [2.05, 4.69) is 0 Å². The third-order valence-electron chi connectivity index (χ3n) is 1.69. The maximum absolute atomic E-state index is 13.1. The van der Waals surface area contributed by atoms with E-state index in [0.717, 1.165) is 10.6 Å². The number of carbonyl (C=O) groups excluding carboxylic acids is 1. The van der Waals surface area contributed by atoms with E-state index in [9.17, 15) is 9.18 Å². The molecule has 0 atom stereocenters. The summed E-state index contributed by atoms with van der Waals surface area (Å²) in [6.07, 6.45) is 0. The number of rotatable bonds is 4. The van der Waals surface area contributed by atoms with Crippen LogP contribution in [0.25, 0.3) is 0 Å². The molecule has 0 radical (unpaired) electrons. The molecule has 0 unspecified atom stereocenters. The minimum atomic E-state index is -0.477. The average Bonchev–Trinajstić information content (AvgIpc) is 2.17. The first kappa shape index (κ1) is 12.0. The first-order valence-electron chi connectivity index (χ1n) is 4.77. The van der Waals surface area contributed by atoms with Crippen molar-refractivity contribution in [1.82, 2.24) is 0 Å². The zero-order chi connectivity index (χ0) is 11.3. The van der Waals surface area contributed by atoms with Gasteiger partial charge in [0.1, 0.15) is 5.82 Å². The Morgan fingerprint density at radius 1 is 1.40 bits per heavy atom. The van der Waals surface area contributed by atoms with Crippen LogP contribution in [0.15, 0.2) is 23.1 Å². The molecule has 0 aromatic heterocycles. The highest BCUT2D eigenvalue weighted by atomic mass is 32.2. The lowest BCUT2D eigenvalue weighted by Crippen LogP contribution is -2.05. The lowest BCUT2D eigenvalue weighted by atomic mass is 10.2. The van der Waals surface area contributed by atoms with E-state index in [4.69, 9.17) is 4.74 Å². The van der Waals surface area contributed by atoms with Crippen LogP contribution < -0.4 is 0 Å². The maximum Gasteiger partial charge on any atom is 0.338 e. The van der Waals surface area contributed by atoms with Gasteiger partial charge in [-0.25, -0.2) is 9.18 Å². The summed E-state index contributed by atoms with van der Waals surface area (Å²) >= 11 is 1.49. The zero-order valence-corrected chi connectivity index (χ0v) is 9.57. The smallest absolute Gasteiger partial charge is 0.338 e. The Kier molecular flexibility index (Phi) is 4.62. The maximum atomic E-state index is 13.1. The van der Waals surface area contributed by atoms with E-state index in [1.54, 1.807) is 13.0 Å². The van der Waals surface area contributed by atoms with Crippen LogP contribution in [0.2, 0.25) is 0 Å². The summed E-state index contributed by atoms with van der Waals surface area (Å²) in [4.78, 5) is 12.1. The van der Waals surface area contributed by atoms with E-state index in [0.29, 0.717) is 6.61 Å². The van der Waals surface area contributed by atoms with Crippen molar-refractivity contribution in [2.24, 2.45) is 0 Å². The molecule has 0 aliphatic carbocycles. The highest BCUT2D eigenvalue weighted by molar-refractivity contribution is 7.99. The lowest BCUT2D eigenvalue weighted by Gasteiger charge is -2.04. The molecule has 1 aromatic carbocycles. The van der Waals surface area contributed by atoms with Crippen molar-refractivity contribution in [2.45, 2.75) is 18.7 Å². The van der Waals surface area contributed by atoms with E-state index >= 15 is 0 Å². The molecular formula is C11H13FO2S. The van der Waals surface area contributed by atoms with Crippen molar-refractivity contribution in [2.75, 3.05) is 12.4 Å². The second kappa shape index (κ2) is 5.75. The fraction of sp³-hybridized carbons (Fsp3) is 0.364. The number of hydrogen-bond donors (Lipinski definition) is 0. The van der Waals surface area contributed by atoms with E-state index in [1.165, 1.54) is 23.9 Å². The fourth-order valence-corrected chi connectivity index (χ4v) is 1.88. The van der Waals surface area contributed by atoms with Crippen LogP contribution in [0.5, 0.6) is 0 Å². The molecule has 0 bridgehead atoms. The Balaban J connectivity index is 2.92. The van der Waals surface area contributed by atoms with Crippen LogP contribution in [-0.4, -0.2) is 18.3 Å². The molecule has 0 saturated heterocycles. The Labute approximate surface area is 92.8 Å². The molecule has 1 rings (SSSR count). The molecule has 1 aromatic rings. The third kappa shape index (κ3) is 3.55. The van der Waals surface area contributed by atoms with Gasteiger partial charge in [-0.3, -0.25) is 0 Å². The summed E-state index contributed by atoms with van der Waals surface area (Å²) in [7, 11) is 0. The molecule has 0 N–H and O–H groups in total. The molecule has 0 fully saturated rings. The second-order valence-corrected chi connectivity index (χ2v) is 4.17. The van der Waals surface area contributed by atoms with Crippen LogP contribution >= 0.6 is 11.8 Å². The summed E-state index contributed by atoms with van der Waals surface area (Å²) < 4.78 is 17.9. The number of carbonyl (C=O) groups is 1. The lowest BCUT2D eigenvalue weighted by molar-refractivity contribution is 0.0525. The monoisotopic (exact) mass is 228 g/mol. The molecule has 15 heavy (non-hydrogen) atoms. The van der Waals surface area contributed by atoms with E-state index < -0.39 is 11.8 Å². The van der Waals surface area contributed by atoms with E-state index in [-0.39, 0.29) is 5.56 Å².